The van der Waals surface area contributed by atoms with Crippen LogP contribution >= 0.6 is 0 Å². The van der Waals surface area contributed by atoms with Crippen molar-refractivity contribution in [2.45, 2.75) is 131 Å². The number of hydrogen-bond donors (Lipinski definition) is 0. The van der Waals surface area contributed by atoms with Crippen molar-refractivity contribution in [2.75, 3.05) is 0 Å². The molecule has 4 fully saturated rings. The van der Waals surface area contributed by atoms with Crippen LogP contribution < -0.4 is 0 Å². The highest BCUT2D eigenvalue weighted by atomic mass is 16.5. The molecule has 0 amide bonds. The van der Waals surface area contributed by atoms with Gasteiger partial charge in [0.2, 0.25) is 0 Å². The Balaban J connectivity index is 1.33. The first-order chi connectivity index (χ1) is 13.5. The van der Waals surface area contributed by atoms with Gasteiger partial charge < -0.3 is 9.47 Å². The van der Waals surface area contributed by atoms with E-state index in [0.717, 1.165) is 29.6 Å². The van der Waals surface area contributed by atoms with Crippen molar-refractivity contribution in [1.29, 1.82) is 0 Å². The molecule has 0 spiro atoms. The summed E-state index contributed by atoms with van der Waals surface area (Å²) in [5, 5.41) is 0. The molecule has 168 valence electrons. The summed E-state index contributed by atoms with van der Waals surface area (Å²) < 4.78 is 13.1. The molecule has 0 bridgehead atoms. The minimum atomic E-state index is 0.364. The molecule has 9 unspecified atom stereocenters. The molecular formula is C27H48O2. The fourth-order valence-electron chi connectivity index (χ4n) is 7.79. The zero-order valence-electron chi connectivity index (χ0n) is 20.4. The molecule has 2 heterocycles. The molecule has 2 aliphatic carbocycles. The average molecular weight is 405 g/mol. The molecule has 2 saturated carbocycles. The average Bonchev–Trinajstić information content (AvgIpc) is 3.22. The van der Waals surface area contributed by atoms with Gasteiger partial charge in [0.05, 0.1) is 24.4 Å². The maximum atomic E-state index is 6.62. The van der Waals surface area contributed by atoms with Gasteiger partial charge in [-0.25, -0.2) is 0 Å². The van der Waals surface area contributed by atoms with Gasteiger partial charge in [0.1, 0.15) is 0 Å². The Labute approximate surface area is 180 Å². The third-order valence-corrected chi connectivity index (χ3v) is 9.00. The SMILES string of the molecule is CC1OC(CC(C)(C)C)C2CC(CC(C)(C)CC3OC4CCCCC4C3C)CC12. The summed E-state index contributed by atoms with van der Waals surface area (Å²) in [6.45, 7) is 17.0. The molecule has 4 aliphatic rings. The van der Waals surface area contributed by atoms with Crippen LogP contribution in [0.2, 0.25) is 0 Å². The van der Waals surface area contributed by atoms with E-state index in [2.05, 4.69) is 48.5 Å². The summed E-state index contributed by atoms with van der Waals surface area (Å²) in [5.74, 6) is 4.08. The highest BCUT2D eigenvalue weighted by molar-refractivity contribution is 4.99. The number of fused-ring (bicyclic) bond motifs is 2. The third-order valence-electron chi connectivity index (χ3n) is 9.00. The maximum absolute atomic E-state index is 6.62. The summed E-state index contributed by atoms with van der Waals surface area (Å²) in [5.41, 5.74) is 0.753. The van der Waals surface area contributed by atoms with Gasteiger partial charge in [0, 0.05) is 0 Å². The van der Waals surface area contributed by atoms with Crippen LogP contribution in [0.3, 0.4) is 0 Å². The van der Waals surface area contributed by atoms with Gasteiger partial charge in [-0.2, -0.15) is 0 Å². The van der Waals surface area contributed by atoms with Gasteiger partial charge in [0.25, 0.3) is 0 Å². The molecule has 0 aromatic carbocycles. The van der Waals surface area contributed by atoms with E-state index in [0.29, 0.717) is 35.2 Å². The van der Waals surface area contributed by atoms with E-state index in [4.69, 9.17) is 9.47 Å². The molecule has 2 nitrogen and oxygen atoms in total. The van der Waals surface area contributed by atoms with Gasteiger partial charge in [-0.15, -0.1) is 0 Å². The van der Waals surface area contributed by atoms with Crippen LogP contribution in [0.5, 0.6) is 0 Å². The molecule has 9 atom stereocenters. The number of ether oxygens (including phenoxy) is 2. The van der Waals surface area contributed by atoms with E-state index in [1.54, 1.807) is 0 Å². The van der Waals surface area contributed by atoms with Crippen molar-refractivity contribution in [3.63, 3.8) is 0 Å². The normalized spacial score (nSPS) is 45.4. The largest absolute Gasteiger partial charge is 0.375 e. The highest BCUT2D eigenvalue weighted by Gasteiger charge is 2.50. The van der Waals surface area contributed by atoms with Crippen molar-refractivity contribution in [1.82, 2.24) is 0 Å². The van der Waals surface area contributed by atoms with E-state index >= 15 is 0 Å². The quantitative estimate of drug-likeness (QED) is 0.480. The van der Waals surface area contributed by atoms with Gasteiger partial charge in [-0.1, -0.05) is 54.4 Å². The minimum absolute atomic E-state index is 0.364. The van der Waals surface area contributed by atoms with Crippen molar-refractivity contribution >= 4 is 0 Å². The summed E-state index contributed by atoms with van der Waals surface area (Å²) in [6, 6.07) is 0. The predicted molar refractivity (Wildman–Crippen MR) is 121 cm³/mol. The predicted octanol–water partition coefficient (Wildman–Crippen LogP) is 7.25. The Morgan fingerprint density at radius 2 is 1.41 bits per heavy atom. The van der Waals surface area contributed by atoms with Crippen LogP contribution in [0.15, 0.2) is 0 Å². The highest BCUT2D eigenvalue weighted by Crippen LogP contribution is 2.53. The molecule has 0 radical (unpaired) electrons. The maximum Gasteiger partial charge on any atom is 0.0615 e. The van der Waals surface area contributed by atoms with Crippen molar-refractivity contribution in [3.05, 3.63) is 0 Å². The molecular weight excluding hydrogens is 356 g/mol. The standard InChI is InChI=1S/C27H48O2/c1-17-20-10-8-9-11-23(20)29-24(17)16-27(6,7)14-19-12-21-18(2)28-25(22(21)13-19)15-26(3,4)5/h17-25H,8-16H2,1-7H3. The minimum Gasteiger partial charge on any atom is -0.375 e. The Morgan fingerprint density at radius 1 is 0.724 bits per heavy atom. The second kappa shape index (κ2) is 8.12. The van der Waals surface area contributed by atoms with E-state index < -0.39 is 0 Å². The Kier molecular flexibility index (Phi) is 6.19. The van der Waals surface area contributed by atoms with E-state index in [1.165, 1.54) is 57.8 Å². The molecule has 2 aliphatic heterocycles. The molecule has 29 heavy (non-hydrogen) atoms. The third kappa shape index (κ3) is 4.89. The lowest BCUT2D eigenvalue weighted by Crippen LogP contribution is -2.28. The van der Waals surface area contributed by atoms with Crippen LogP contribution in [0.4, 0.5) is 0 Å². The lowest BCUT2D eigenvalue weighted by atomic mass is 9.73. The van der Waals surface area contributed by atoms with E-state index in [9.17, 15) is 0 Å². The lowest BCUT2D eigenvalue weighted by Gasteiger charge is -2.33. The first-order valence-electron chi connectivity index (χ1n) is 12.8. The fourth-order valence-corrected chi connectivity index (χ4v) is 7.79. The van der Waals surface area contributed by atoms with Crippen LogP contribution in [0, 0.1) is 40.4 Å². The number of rotatable bonds is 5. The summed E-state index contributed by atoms with van der Waals surface area (Å²) in [6.07, 6.45) is 14.2. The van der Waals surface area contributed by atoms with Gasteiger partial charge in [-0.05, 0) is 92.3 Å². The first kappa shape index (κ1) is 22.1. The van der Waals surface area contributed by atoms with Gasteiger partial charge >= 0.3 is 0 Å². The molecule has 0 N–H and O–H groups in total. The van der Waals surface area contributed by atoms with Crippen molar-refractivity contribution < 1.29 is 9.47 Å². The van der Waals surface area contributed by atoms with Gasteiger partial charge in [0.15, 0.2) is 0 Å². The fraction of sp³-hybridized carbons (Fsp3) is 1.00. The molecule has 2 heteroatoms. The second-order valence-corrected chi connectivity index (χ2v) is 13.4. The monoisotopic (exact) mass is 404 g/mol. The Hall–Kier alpha value is -0.0800. The zero-order chi connectivity index (χ0) is 21.0. The Morgan fingerprint density at radius 3 is 2.10 bits per heavy atom. The second-order valence-electron chi connectivity index (χ2n) is 13.4. The molecule has 4 rings (SSSR count). The van der Waals surface area contributed by atoms with Crippen LogP contribution in [0.25, 0.3) is 0 Å². The topological polar surface area (TPSA) is 18.5 Å². The van der Waals surface area contributed by atoms with Gasteiger partial charge in [-0.3, -0.25) is 0 Å². The summed E-state index contributed by atoms with van der Waals surface area (Å²) in [7, 11) is 0. The van der Waals surface area contributed by atoms with E-state index in [-0.39, 0.29) is 0 Å². The summed E-state index contributed by atoms with van der Waals surface area (Å²) >= 11 is 0. The summed E-state index contributed by atoms with van der Waals surface area (Å²) in [4.78, 5) is 0. The van der Waals surface area contributed by atoms with Crippen LogP contribution in [0.1, 0.15) is 106 Å². The molecule has 2 saturated heterocycles. The first-order valence-corrected chi connectivity index (χ1v) is 12.8. The van der Waals surface area contributed by atoms with Crippen molar-refractivity contribution in [3.8, 4) is 0 Å². The Bertz CT molecular complexity index is 561. The lowest BCUT2D eigenvalue weighted by molar-refractivity contribution is -0.0104. The van der Waals surface area contributed by atoms with E-state index in [1.807, 2.05) is 0 Å². The van der Waals surface area contributed by atoms with Crippen LogP contribution in [-0.4, -0.2) is 24.4 Å². The van der Waals surface area contributed by atoms with Crippen LogP contribution in [-0.2, 0) is 9.47 Å². The van der Waals surface area contributed by atoms with Crippen molar-refractivity contribution in [2.24, 2.45) is 40.4 Å². The molecule has 0 aromatic rings. The zero-order valence-corrected chi connectivity index (χ0v) is 20.4. The smallest absolute Gasteiger partial charge is 0.0615 e. The number of hydrogen-bond acceptors (Lipinski definition) is 2. The molecule has 0 aromatic heterocycles.